The molecule has 0 radical (unpaired) electrons. The molecule has 5 rings (SSSR count). The van der Waals surface area contributed by atoms with Gasteiger partial charge >= 0.3 is 0 Å². The van der Waals surface area contributed by atoms with Crippen LogP contribution >= 0.6 is 11.6 Å². The molecule has 5 nitrogen and oxygen atoms in total. The highest BCUT2D eigenvalue weighted by atomic mass is 35.5. The van der Waals surface area contributed by atoms with Crippen molar-refractivity contribution in [3.8, 4) is 5.75 Å². The lowest BCUT2D eigenvalue weighted by Crippen LogP contribution is -2.47. The zero-order valence-corrected chi connectivity index (χ0v) is 26.5. The maximum Gasteiger partial charge on any atom is 0.219 e. The summed E-state index contributed by atoms with van der Waals surface area (Å²) in [5.41, 5.74) is 4.29. The van der Waals surface area contributed by atoms with Crippen molar-refractivity contribution in [2.24, 2.45) is 17.8 Å². The van der Waals surface area contributed by atoms with Crippen LogP contribution < -0.4 is 9.64 Å². The highest BCUT2D eigenvalue weighted by Gasteiger charge is 2.41. The number of carbonyl (C=O) groups excluding carboxylic acids is 1. The maximum absolute atomic E-state index is 14.5. The molecule has 230 valence electrons. The molecule has 2 heterocycles. The van der Waals surface area contributed by atoms with Gasteiger partial charge in [-0.15, -0.1) is 0 Å². The van der Waals surface area contributed by atoms with Crippen molar-refractivity contribution in [3.63, 3.8) is 0 Å². The van der Waals surface area contributed by atoms with E-state index in [0.717, 1.165) is 74.8 Å². The van der Waals surface area contributed by atoms with Gasteiger partial charge in [0.05, 0.1) is 18.4 Å². The fraction of sp³-hybridized carbons (Fsp3) is 0.629. The van der Waals surface area contributed by atoms with E-state index in [2.05, 4.69) is 24.0 Å². The van der Waals surface area contributed by atoms with Crippen LogP contribution in [0.5, 0.6) is 5.75 Å². The fourth-order valence-electron chi connectivity index (χ4n) is 7.17. The summed E-state index contributed by atoms with van der Waals surface area (Å²) >= 11 is 6.41. The summed E-state index contributed by atoms with van der Waals surface area (Å²) in [7, 11) is 1.89. The van der Waals surface area contributed by atoms with Crippen molar-refractivity contribution in [2.45, 2.75) is 83.9 Å². The fourth-order valence-corrected chi connectivity index (χ4v) is 7.36. The highest BCUT2D eigenvalue weighted by Crippen LogP contribution is 2.45. The van der Waals surface area contributed by atoms with Gasteiger partial charge in [-0.05, 0) is 104 Å². The lowest BCUT2D eigenvalue weighted by Gasteiger charge is -2.47. The Hall–Kier alpha value is -2.31. The Morgan fingerprint density at radius 2 is 2.02 bits per heavy atom. The molecule has 42 heavy (non-hydrogen) atoms. The summed E-state index contributed by atoms with van der Waals surface area (Å²) < 4.78 is 27.3. The lowest BCUT2D eigenvalue weighted by atomic mass is 9.67. The predicted molar refractivity (Wildman–Crippen MR) is 168 cm³/mol. The second-order valence-electron chi connectivity index (χ2n) is 12.9. The Labute approximate surface area is 256 Å². The van der Waals surface area contributed by atoms with Crippen LogP contribution in [-0.2, 0) is 16.0 Å². The summed E-state index contributed by atoms with van der Waals surface area (Å²) in [6.07, 6.45) is 6.83. The molecule has 0 aromatic heterocycles. The molecule has 3 aliphatic rings. The topological polar surface area (TPSA) is 42.0 Å². The van der Waals surface area contributed by atoms with Crippen molar-refractivity contribution >= 4 is 23.2 Å². The number of nitrogens with zero attached hydrogens (tertiary/aromatic N) is 2. The minimum absolute atomic E-state index is 0.128. The number of aryl methyl sites for hydroxylation is 1. The average molecular weight is 599 g/mol. The zero-order valence-electron chi connectivity index (χ0n) is 25.8. The largest absolute Gasteiger partial charge is 0.491 e. The van der Waals surface area contributed by atoms with Crippen molar-refractivity contribution in [1.29, 1.82) is 0 Å². The van der Waals surface area contributed by atoms with Crippen LogP contribution in [0.1, 0.15) is 88.1 Å². The summed E-state index contributed by atoms with van der Waals surface area (Å²) in [6.45, 7) is 9.38. The molecule has 1 saturated carbocycles. The molecular formula is C35H48ClFN2O3. The van der Waals surface area contributed by atoms with Crippen LogP contribution in [0.4, 0.5) is 10.1 Å². The van der Waals surface area contributed by atoms with E-state index in [-0.39, 0.29) is 17.9 Å². The van der Waals surface area contributed by atoms with Gasteiger partial charge < -0.3 is 19.3 Å². The number of anilines is 1. The van der Waals surface area contributed by atoms with Crippen molar-refractivity contribution in [3.05, 3.63) is 58.1 Å². The van der Waals surface area contributed by atoms with Crippen LogP contribution in [0, 0.1) is 17.8 Å². The smallest absolute Gasteiger partial charge is 0.219 e. The van der Waals surface area contributed by atoms with Crippen molar-refractivity contribution in [2.75, 3.05) is 44.8 Å². The number of ether oxygens (including phenoxy) is 2. The van der Waals surface area contributed by atoms with Gasteiger partial charge in [-0.25, -0.2) is 4.39 Å². The van der Waals surface area contributed by atoms with Gasteiger partial charge in [-0.3, -0.25) is 4.79 Å². The van der Waals surface area contributed by atoms with Crippen LogP contribution in [-0.4, -0.2) is 56.8 Å². The third-order valence-corrected chi connectivity index (χ3v) is 10.2. The number of benzene rings is 2. The molecule has 7 heteroatoms. The van der Waals surface area contributed by atoms with E-state index < -0.39 is 6.17 Å². The summed E-state index contributed by atoms with van der Waals surface area (Å²) in [5.74, 6) is 2.80. The third kappa shape index (κ3) is 7.24. The monoisotopic (exact) mass is 598 g/mol. The highest BCUT2D eigenvalue weighted by molar-refractivity contribution is 6.30. The lowest BCUT2D eigenvalue weighted by molar-refractivity contribution is -0.128. The molecule has 0 bridgehead atoms. The van der Waals surface area contributed by atoms with Gasteiger partial charge in [0, 0.05) is 51.2 Å². The van der Waals surface area contributed by atoms with Gasteiger partial charge in [0.1, 0.15) is 11.9 Å². The zero-order chi connectivity index (χ0) is 29.8. The van der Waals surface area contributed by atoms with Gasteiger partial charge in [0.2, 0.25) is 5.91 Å². The first-order chi connectivity index (χ1) is 20.2. The summed E-state index contributed by atoms with van der Waals surface area (Å²) in [6, 6.07) is 12.1. The number of carbonyl (C=O) groups is 1. The quantitative estimate of drug-likeness (QED) is 0.278. The van der Waals surface area contributed by atoms with E-state index in [9.17, 15) is 9.18 Å². The number of amides is 1. The van der Waals surface area contributed by atoms with Crippen LogP contribution in [0.25, 0.3) is 0 Å². The molecule has 2 fully saturated rings. The Balaban J connectivity index is 1.34. The van der Waals surface area contributed by atoms with E-state index in [1.54, 1.807) is 13.8 Å². The molecular weight excluding hydrogens is 551 g/mol. The first-order valence-electron chi connectivity index (χ1n) is 16.0. The number of halogens is 2. The number of hydrogen-bond acceptors (Lipinski definition) is 4. The molecule has 0 spiro atoms. The SMILES string of the molecule is CCCc1cc(Cl)ccc1C1COc2ccc(C(C)F)cc2N(CC2CCC2C2CC(CCN(C)C(C)=O)CCO2)C1. The second kappa shape index (κ2) is 14.0. The van der Waals surface area contributed by atoms with Gasteiger partial charge in [0.15, 0.2) is 0 Å². The normalized spacial score (nSPS) is 26.4. The Bertz CT molecular complexity index is 1220. The molecule has 1 aliphatic carbocycles. The Morgan fingerprint density at radius 3 is 2.74 bits per heavy atom. The van der Waals surface area contributed by atoms with Crippen LogP contribution in [0.15, 0.2) is 36.4 Å². The van der Waals surface area contributed by atoms with E-state index in [1.807, 2.05) is 36.2 Å². The molecule has 2 aromatic carbocycles. The summed E-state index contributed by atoms with van der Waals surface area (Å²) in [4.78, 5) is 16.0. The van der Waals surface area contributed by atoms with E-state index >= 15 is 0 Å². The average Bonchev–Trinajstić information content (AvgIpc) is 3.13. The molecule has 1 saturated heterocycles. The number of fused-ring (bicyclic) bond motifs is 1. The van der Waals surface area contributed by atoms with Gasteiger partial charge in [-0.2, -0.15) is 0 Å². The molecule has 2 aromatic rings. The van der Waals surface area contributed by atoms with E-state index in [0.29, 0.717) is 29.9 Å². The van der Waals surface area contributed by atoms with Gasteiger partial charge in [-0.1, -0.05) is 37.1 Å². The minimum atomic E-state index is -1.03. The minimum Gasteiger partial charge on any atom is -0.491 e. The van der Waals surface area contributed by atoms with Crippen molar-refractivity contribution in [1.82, 2.24) is 4.90 Å². The number of hydrogen-bond donors (Lipinski definition) is 0. The molecule has 2 aliphatic heterocycles. The maximum atomic E-state index is 14.5. The number of alkyl halides is 1. The molecule has 6 unspecified atom stereocenters. The Kier molecular flexibility index (Phi) is 10.4. The van der Waals surface area contributed by atoms with E-state index in [1.165, 1.54) is 24.0 Å². The molecule has 1 amide bonds. The molecule has 6 atom stereocenters. The standard InChI is InChI=1S/C35H48ClFN2O3/c1-5-6-27-18-30(36)9-11-31(27)29-21-39(33-19-26(23(2)37)8-12-34(33)42-22-29)20-28-7-10-32(28)35-17-25(14-16-41-35)13-15-38(4)24(3)40/h8-9,11-12,18-19,23,25,28-29,32,35H,5-7,10,13-17,20-22H2,1-4H3. The van der Waals surface area contributed by atoms with Gasteiger partial charge in [0.25, 0.3) is 0 Å². The summed E-state index contributed by atoms with van der Waals surface area (Å²) in [5, 5.41) is 0.773. The first-order valence-corrected chi connectivity index (χ1v) is 16.4. The van der Waals surface area contributed by atoms with Crippen molar-refractivity contribution < 1.29 is 18.7 Å². The van der Waals surface area contributed by atoms with E-state index in [4.69, 9.17) is 21.1 Å². The second-order valence-corrected chi connectivity index (χ2v) is 13.3. The number of rotatable bonds is 10. The first kappa shape index (κ1) is 31.1. The Morgan fingerprint density at radius 1 is 1.19 bits per heavy atom. The van der Waals surface area contributed by atoms with Crippen LogP contribution in [0.3, 0.4) is 0 Å². The predicted octanol–water partition coefficient (Wildman–Crippen LogP) is 8.00. The molecule has 0 N–H and O–H groups in total. The van der Waals surface area contributed by atoms with Crippen LogP contribution in [0.2, 0.25) is 5.02 Å². The third-order valence-electron chi connectivity index (χ3n) is 9.97.